The van der Waals surface area contributed by atoms with Gasteiger partial charge in [-0.3, -0.25) is 0 Å². The molecule has 7 heteroatoms. The molecule has 0 aliphatic rings. The van der Waals surface area contributed by atoms with Crippen molar-refractivity contribution in [1.82, 2.24) is 15.3 Å². The molecule has 0 radical (unpaired) electrons. The highest BCUT2D eigenvalue weighted by Crippen LogP contribution is 2.10. The number of nitrogens with zero attached hydrogens (tertiary/aromatic N) is 2. The van der Waals surface area contributed by atoms with Gasteiger partial charge in [0, 0.05) is 23.6 Å². The van der Waals surface area contributed by atoms with Gasteiger partial charge >= 0.3 is 6.03 Å². The van der Waals surface area contributed by atoms with E-state index in [9.17, 15) is 4.79 Å². The van der Waals surface area contributed by atoms with Gasteiger partial charge in [-0.25, -0.2) is 14.8 Å². The second-order valence-corrected chi connectivity index (χ2v) is 5.48. The molecule has 0 saturated carbocycles. The van der Waals surface area contributed by atoms with Crippen molar-refractivity contribution in [3.05, 3.63) is 71.4 Å². The predicted octanol–water partition coefficient (Wildman–Crippen LogP) is 2.68. The van der Waals surface area contributed by atoms with Gasteiger partial charge in [0.15, 0.2) is 0 Å². The number of rotatable bonds is 3. The van der Waals surface area contributed by atoms with Gasteiger partial charge in [0.1, 0.15) is 11.5 Å². The van der Waals surface area contributed by atoms with E-state index in [0.717, 1.165) is 11.3 Å². The number of nitrogens with two attached hydrogens (primary N) is 1. The molecule has 0 saturated heterocycles. The highest BCUT2D eigenvalue weighted by atomic mass is 16.3. The average molecular weight is 347 g/mol. The normalized spacial score (nSPS) is 9.88. The largest absolute Gasteiger partial charge is 0.465 e. The maximum absolute atomic E-state index is 12.0. The lowest BCUT2D eigenvalue weighted by Gasteiger charge is -2.06. The first-order valence-corrected chi connectivity index (χ1v) is 7.88. The van der Waals surface area contributed by atoms with E-state index in [2.05, 4.69) is 32.4 Å². The van der Waals surface area contributed by atoms with E-state index in [4.69, 9.17) is 10.2 Å². The number of hydrogen-bond donors (Lipinski definition) is 3. The summed E-state index contributed by atoms with van der Waals surface area (Å²) in [6, 6.07) is 10.6. The van der Waals surface area contributed by atoms with Gasteiger partial charge in [0.2, 0.25) is 5.95 Å². The molecular weight excluding hydrogens is 330 g/mol. The fraction of sp³-hybridized carbons (Fsp3) is 0.105. The van der Waals surface area contributed by atoms with Crippen molar-refractivity contribution >= 4 is 17.7 Å². The molecule has 0 fully saturated rings. The smallest absolute Gasteiger partial charge is 0.319 e. The number of carbonyl (C=O) groups excluding carboxylic acids is 1. The predicted molar refractivity (Wildman–Crippen MR) is 98.2 cm³/mol. The molecule has 2 aromatic heterocycles. The van der Waals surface area contributed by atoms with Crippen LogP contribution in [-0.4, -0.2) is 16.0 Å². The SMILES string of the molecule is Cc1ccc(CNC(=O)Nc2cccc(C#Cc3cnc(N)nc3)c2)o1. The number of furan rings is 1. The molecule has 2 heterocycles. The van der Waals surface area contributed by atoms with Crippen LogP contribution in [0.2, 0.25) is 0 Å². The van der Waals surface area contributed by atoms with E-state index < -0.39 is 0 Å². The molecule has 0 aliphatic heterocycles. The Morgan fingerprint density at radius 2 is 1.92 bits per heavy atom. The molecule has 3 rings (SSSR count). The molecule has 0 unspecified atom stereocenters. The highest BCUT2D eigenvalue weighted by Gasteiger charge is 2.04. The van der Waals surface area contributed by atoms with Crippen LogP contribution in [-0.2, 0) is 6.54 Å². The van der Waals surface area contributed by atoms with Crippen molar-refractivity contribution in [2.75, 3.05) is 11.1 Å². The van der Waals surface area contributed by atoms with Crippen molar-refractivity contribution < 1.29 is 9.21 Å². The summed E-state index contributed by atoms with van der Waals surface area (Å²) in [6.07, 6.45) is 3.11. The Morgan fingerprint density at radius 3 is 2.65 bits per heavy atom. The molecule has 0 atom stereocenters. The monoisotopic (exact) mass is 347 g/mol. The first kappa shape index (κ1) is 17.0. The van der Waals surface area contributed by atoms with Crippen molar-refractivity contribution in [1.29, 1.82) is 0 Å². The zero-order valence-corrected chi connectivity index (χ0v) is 14.1. The standard InChI is InChI=1S/C19H17N5O2/c1-13-5-8-17(26-13)12-23-19(25)24-16-4-2-3-14(9-16)6-7-15-10-21-18(20)22-11-15/h2-5,8-11H,12H2,1H3,(H2,20,21,22)(H2,23,24,25). The quantitative estimate of drug-likeness (QED) is 0.632. The molecular formula is C19H17N5O2. The van der Waals surface area contributed by atoms with Crippen LogP contribution in [0.4, 0.5) is 16.4 Å². The van der Waals surface area contributed by atoms with Crippen LogP contribution >= 0.6 is 0 Å². The van der Waals surface area contributed by atoms with Gasteiger partial charge in [-0.15, -0.1) is 0 Å². The molecule has 0 spiro atoms. The average Bonchev–Trinajstić information content (AvgIpc) is 3.05. The highest BCUT2D eigenvalue weighted by molar-refractivity contribution is 5.89. The van der Waals surface area contributed by atoms with Crippen molar-refractivity contribution in [3.8, 4) is 11.8 Å². The molecule has 3 aromatic rings. The van der Waals surface area contributed by atoms with Gasteiger partial charge in [-0.2, -0.15) is 0 Å². The molecule has 2 amide bonds. The maximum Gasteiger partial charge on any atom is 0.319 e. The third-order valence-corrected chi connectivity index (χ3v) is 3.36. The van der Waals surface area contributed by atoms with Crippen molar-refractivity contribution in [2.45, 2.75) is 13.5 Å². The van der Waals surface area contributed by atoms with Crippen molar-refractivity contribution in [3.63, 3.8) is 0 Å². The number of anilines is 2. The summed E-state index contributed by atoms with van der Waals surface area (Å²) in [5, 5.41) is 5.50. The number of aryl methyl sites for hydroxylation is 1. The number of carbonyl (C=O) groups is 1. The van der Waals surface area contributed by atoms with Gasteiger partial charge < -0.3 is 20.8 Å². The Bertz CT molecular complexity index is 967. The summed E-state index contributed by atoms with van der Waals surface area (Å²) in [5.41, 5.74) is 7.49. The summed E-state index contributed by atoms with van der Waals surface area (Å²) < 4.78 is 5.41. The molecule has 0 bridgehead atoms. The van der Waals surface area contributed by atoms with E-state index in [1.807, 2.05) is 31.2 Å². The first-order chi connectivity index (χ1) is 12.6. The van der Waals surface area contributed by atoms with Gasteiger partial charge in [-0.1, -0.05) is 17.9 Å². The second kappa shape index (κ2) is 7.85. The topological polar surface area (TPSA) is 106 Å². The second-order valence-electron chi connectivity index (χ2n) is 5.48. The third-order valence-electron chi connectivity index (χ3n) is 3.36. The van der Waals surface area contributed by atoms with Crippen LogP contribution in [0, 0.1) is 18.8 Å². The number of amides is 2. The molecule has 4 N–H and O–H groups in total. The number of benzene rings is 1. The number of hydrogen-bond acceptors (Lipinski definition) is 5. The molecule has 130 valence electrons. The van der Waals surface area contributed by atoms with E-state index in [-0.39, 0.29) is 12.0 Å². The molecule has 0 aliphatic carbocycles. The summed E-state index contributed by atoms with van der Waals surface area (Å²) in [4.78, 5) is 19.8. The Kier molecular flexibility index (Phi) is 5.15. The van der Waals surface area contributed by atoms with E-state index in [1.165, 1.54) is 0 Å². The molecule has 26 heavy (non-hydrogen) atoms. The lowest BCUT2D eigenvalue weighted by atomic mass is 10.2. The van der Waals surface area contributed by atoms with Gasteiger partial charge in [0.25, 0.3) is 0 Å². The fourth-order valence-electron chi connectivity index (χ4n) is 2.14. The zero-order chi connectivity index (χ0) is 18.4. The van der Waals surface area contributed by atoms with Crippen molar-refractivity contribution in [2.24, 2.45) is 0 Å². The lowest BCUT2D eigenvalue weighted by Crippen LogP contribution is -2.28. The summed E-state index contributed by atoms with van der Waals surface area (Å²) >= 11 is 0. The zero-order valence-electron chi connectivity index (χ0n) is 14.1. The van der Waals surface area contributed by atoms with Crippen LogP contribution in [0.3, 0.4) is 0 Å². The van der Waals surface area contributed by atoms with Gasteiger partial charge in [-0.05, 0) is 37.3 Å². The lowest BCUT2D eigenvalue weighted by molar-refractivity contribution is 0.250. The third kappa shape index (κ3) is 4.85. The summed E-state index contributed by atoms with van der Waals surface area (Å²) in [7, 11) is 0. The maximum atomic E-state index is 12.0. The fourth-order valence-corrected chi connectivity index (χ4v) is 2.14. The van der Waals surface area contributed by atoms with E-state index in [1.54, 1.807) is 24.5 Å². The minimum absolute atomic E-state index is 0.206. The summed E-state index contributed by atoms with van der Waals surface area (Å²) in [5.74, 6) is 7.65. The Hall–Kier alpha value is -3.79. The van der Waals surface area contributed by atoms with Crippen LogP contribution in [0.1, 0.15) is 22.6 Å². The Morgan fingerprint density at radius 1 is 1.15 bits per heavy atom. The first-order valence-electron chi connectivity index (χ1n) is 7.88. The number of aromatic nitrogens is 2. The molecule has 1 aromatic carbocycles. The van der Waals surface area contributed by atoms with Crippen LogP contribution in [0.25, 0.3) is 0 Å². The minimum Gasteiger partial charge on any atom is -0.465 e. The number of nitrogens with one attached hydrogen (secondary N) is 2. The van der Waals surface area contributed by atoms with E-state index >= 15 is 0 Å². The van der Waals surface area contributed by atoms with Crippen LogP contribution in [0.15, 0.2) is 53.2 Å². The summed E-state index contributed by atoms with van der Waals surface area (Å²) in [6.45, 7) is 2.17. The van der Waals surface area contributed by atoms with Crippen LogP contribution in [0.5, 0.6) is 0 Å². The number of urea groups is 1. The van der Waals surface area contributed by atoms with Gasteiger partial charge in [0.05, 0.1) is 12.1 Å². The number of nitrogen functional groups attached to an aromatic ring is 1. The van der Waals surface area contributed by atoms with Crippen LogP contribution < -0.4 is 16.4 Å². The minimum atomic E-state index is -0.323. The Balaban J connectivity index is 1.60. The Labute approximate surface area is 150 Å². The molecule has 7 nitrogen and oxygen atoms in total. The van der Waals surface area contributed by atoms with E-state index in [0.29, 0.717) is 23.6 Å².